The van der Waals surface area contributed by atoms with Crippen LogP contribution in [0.2, 0.25) is 0 Å². The Morgan fingerprint density at radius 2 is 1.59 bits per heavy atom. The molecule has 0 heterocycles. The molecule has 0 aliphatic rings. The van der Waals surface area contributed by atoms with E-state index in [1.165, 1.54) is 24.3 Å². The number of rotatable bonds is 4. The van der Waals surface area contributed by atoms with Crippen LogP contribution in [0.15, 0.2) is 54.6 Å². The molecule has 2 amide bonds. The van der Waals surface area contributed by atoms with Crippen molar-refractivity contribution in [3.05, 3.63) is 75.8 Å². The fourth-order valence-corrected chi connectivity index (χ4v) is 1.76. The quantitative estimate of drug-likeness (QED) is 0.661. The summed E-state index contributed by atoms with van der Waals surface area (Å²) in [6.07, 6.45) is 0.140. The first-order valence-corrected chi connectivity index (χ1v) is 6.44. The maximum atomic E-state index is 11.8. The number of benzene rings is 2. The van der Waals surface area contributed by atoms with E-state index in [-0.39, 0.29) is 23.6 Å². The third-order valence-electron chi connectivity index (χ3n) is 2.86. The SMILES string of the molecule is O=C(Cc1ccccc1)NNC(=O)c1ccc([N+](=O)[O-])cc1. The fraction of sp³-hybridized carbons (Fsp3) is 0.0667. The van der Waals surface area contributed by atoms with Crippen LogP contribution in [-0.4, -0.2) is 16.7 Å². The van der Waals surface area contributed by atoms with Crippen LogP contribution in [0.5, 0.6) is 0 Å². The Morgan fingerprint density at radius 3 is 2.18 bits per heavy atom. The zero-order chi connectivity index (χ0) is 15.9. The standard InChI is InChI=1S/C15H13N3O4/c19-14(10-11-4-2-1-3-5-11)16-17-15(20)12-6-8-13(9-7-12)18(21)22/h1-9H,10H2,(H,16,19)(H,17,20). The summed E-state index contributed by atoms with van der Waals surface area (Å²) < 4.78 is 0. The second-order valence-electron chi connectivity index (χ2n) is 4.47. The summed E-state index contributed by atoms with van der Waals surface area (Å²) in [5.74, 6) is -0.905. The van der Waals surface area contributed by atoms with Gasteiger partial charge in [0.1, 0.15) is 0 Å². The van der Waals surface area contributed by atoms with Gasteiger partial charge in [-0.3, -0.25) is 30.6 Å². The zero-order valence-corrected chi connectivity index (χ0v) is 11.5. The Kier molecular flexibility index (Phi) is 4.81. The first-order chi connectivity index (χ1) is 10.6. The molecule has 7 nitrogen and oxygen atoms in total. The Bertz CT molecular complexity index is 684. The summed E-state index contributed by atoms with van der Waals surface area (Å²) in [4.78, 5) is 33.4. The molecule has 0 saturated heterocycles. The van der Waals surface area contributed by atoms with Crippen LogP contribution in [-0.2, 0) is 11.2 Å². The van der Waals surface area contributed by atoms with E-state index in [0.29, 0.717) is 0 Å². The van der Waals surface area contributed by atoms with Crippen molar-refractivity contribution in [2.45, 2.75) is 6.42 Å². The molecule has 0 saturated carbocycles. The van der Waals surface area contributed by atoms with E-state index < -0.39 is 10.8 Å². The van der Waals surface area contributed by atoms with Crippen molar-refractivity contribution in [3.63, 3.8) is 0 Å². The number of nitrogens with one attached hydrogen (secondary N) is 2. The lowest BCUT2D eigenvalue weighted by Gasteiger charge is -2.07. The van der Waals surface area contributed by atoms with Gasteiger partial charge in [-0.05, 0) is 17.7 Å². The lowest BCUT2D eigenvalue weighted by Crippen LogP contribution is -2.42. The molecule has 2 aromatic carbocycles. The first kappa shape index (κ1) is 15.2. The van der Waals surface area contributed by atoms with E-state index in [4.69, 9.17) is 0 Å². The molecular weight excluding hydrogens is 286 g/mol. The van der Waals surface area contributed by atoms with Gasteiger partial charge in [-0.2, -0.15) is 0 Å². The molecule has 0 spiro atoms. The molecule has 7 heteroatoms. The third kappa shape index (κ3) is 4.14. The minimum Gasteiger partial charge on any atom is -0.273 e. The minimum atomic E-state index is -0.552. The predicted molar refractivity (Wildman–Crippen MR) is 78.9 cm³/mol. The van der Waals surface area contributed by atoms with E-state index in [1.807, 2.05) is 18.2 Å². The van der Waals surface area contributed by atoms with Gasteiger partial charge in [0.05, 0.1) is 11.3 Å². The summed E-state index contributed by atoms with van der Waals surface area (Å²) >= 11 is 0. The van der Waals surface area contributed by atoms with Gasteiger partial charge in [-0.25, -0.2) is 0 Å². The normalized spacial score (nSPS) is 9.82. The number of carbonyl (C=O) groups excluding carboxylic acids is 2. The number of carbonyl (C=O) groups is 2. The number of hydrazine groups is 1. The smallest absolute Gasteiger partial charge is 0.269 e. The van der Waals surface area contributed by atoms with E-state index in [2.05, 4.69) is 10.9 Å². The summed E-state index contributed by atoms with van der Waals surface area (Å²) in [7, 11) is 0. The third-order valence-corrected chi connectivity index (χ3v) is 2.86. The molecule has 0 bridgehead atoms. The molecule has 0 aromatic heterocycles. The van der Waals surface area contributed by atoms with Crippen molar-refractivity contribution in [2.75, 3.05) is 0 Å². The van der Waals surface area contributed by atoms with Crippen molar-refractivity contribution in [3.8, 4) is 0 Å². The van der Waals surface area contributed by atoms with E-state index in [1.54, 1.807) is 12.1 Å². The molecule has 0 aliphatic heterocycles. The van der Waals surface area contributed by atoms with Crippen molar-refractivity contribution < 1.29 is 14.5 Å². The van der Waals surface area contributed by atoms with Gasteiger partial charge >= 0.3 is 0 Å². The highest BCUT2D eigenvalue weighted by molar-refractivity contribution is 5.95. The van der Waals surface area contributed by atoms with Crippen LogP contribution >= 0.6 is 0 Å². The number of amides is 2. The minimum absolute atomic E-state index is 0.107. The molecule has 0 aliphatic carbocycles. The molecule has 2 aromatic rings. The molecule has 0 atom stereocenters. The lowest BCUT2D eigenvalue weighted by atomic mass is 10.1. The molecule has 0 unspecified atom stereocenters. The Labute approximate surface area is 126 Å². The largest absolute Gasteiger partial charge is 0.273 e. The molecule has 112 valence electrons. The average Bonchev–Trinajstić information content (AvgIpc) is 2.53. The maximum Gasteiger partial charge on any atom is 0.269 e. The highest BCUT2D eigenvalue weighted by Gasteiger charge is 2.10. The Morgan fingerprint density at radius 1 is 0.955 bits per heavy atom. The summed E-state index contributed by atoms with van der Waals surface area (Å²) in [6.45, 7) is 0. The second kappa shape index (κ2) is 6.98. The number of nitrogens with zero attached hydrogens (tertiary/aromatic N) is 1. The first-order valence-electron chi connectivity index (χ1n) is 6.44. The molecule has 22 heavy (non-hydrogen) atoms. The van der Waals surface area contributed by atoms with E-state index >= 15 is 0 Å². The zero-order valence-electron chi connectivity index (χ0n) is 11.5. The topological polar surface area (TPSA) is 101 Å². The molecule has 0 fully saturated rings. The second-order valence-corrected chi connectivity index (χ2v) is 4.47. The van der Waals surface area contributed by atoms with Gasteiger partial charge in [-0.15, -0.1) is 0 Å². The van der Waals surface area contributed by atoms with Crippen molar-refractivity contribution >= 4 is 17.5 Å². The maximum absolute atomic E-state index is 11.8. The average molecular weight is 299 g/mol. The molecule has 0 radical (unpaired) electrons. The molecular formula is C15H13N3O4. The van der Waals surface area contributed by atoms with Crippen LogP contribution in [0.1, 0.15) is 15.9 Å². The van der Waals surface area contributed by atoms with Gasteiger partial charge in [-0.1, -0.05) is 30.3 Å². The van der Waals surface area contributed by atoms with Crippen LogP contribution in [0.4, 0.5) is 5.69 Å². The van der Waals surface area contributed by atoms with Crippen molar-refractivity contribution in [2.24, 2.45) is 0 Å². The van der Waals surface area contributed by atoms with Gasteiger partial charge in [0.15, 0.2) is 0 Å². The van der Waals surface area contributed by atoms with Gasteiger partial charge in [0.2, 0.25) is 5.91 Å². The van der Waals surface area contributed by atoms with Crippen LogP contribution in [0.3, 0.4) is 0 Å². The van der Waals surface area contributed by atoms with E-state index in [9.17, 15) is 19.7 Å². The summed E-state index contributed by atoms with van der Waals surface area (Å²) in [6, 6.07) is 14.2. The van der Waals surface area contributed by atoms with Crippen LogP contribution < -0.4 is 10.9 Å². The Balaban J connectivity index is 1.87. The monoisotopic (exact) mass is 299 g/mol. The number of hydrogen-bond donors (Lipinski definition) is 2. The number of non-ortho nitro benzene ring substituents is 1. The van der Waals surface area contributed by atoms with Gasteiger partial charge in [0.25, 0.3) is 11.6 Å². The molecule has 2 N–H and O–H groups in total. The number of hydrogen-bond acceptors (Lipinski definition) is 4. The van der Waals surface area contributed by atoms with Gasteiger partial charge < -0.3 is 0 Å². The van der Waals surface area contributed by atoms with Crippen molar-refractivity contribution in [1.29, 1.82) is 0 Å². The summed E-state index contributed by atoms with van der Waals surface area (Å²) in [5, 5.41) is 10.5. The predicted octanol–water partition coefficient (Wildman–Crippen LogP) is 1.60. The van der Waals surface area contributed by atoms with E-state index in [0.717, 1.165) is 5.56 Å². The van der Waals surface area contributed by atoms with Gasteiger partial charge in [0, 0.05) is 17.7 Å². The molecule has 2 rings (SSSR count). The Hall–Kier alpha value is -3.22. The highest BCUT2D eigenvalue weighted by atomic mass is 16.6. The van der Waals surface area contributed by atoms with Crippen LogP contribution in [0.25, 0.3) is 0 Å². The lowest BCUT2D eigenvalue weighted by molar-refractivity contribution is -0.384. The summed E-state index contributed by atoms with van der Waals surface area (Å²) in [5.41, 5.74) is 5.48. The number of nitro groups is 1. The number of nitro benzene ring substituents is 1. The van der Waals surface area contributed by atoms with Crippen LogP contribution in [0, 0.1) is 10.1 Å². The van der Waals surface area contributed by atoms with Crippen molar-refractivity contribution in [1.82, 2.24) is 10.9 Å². The fourth-order valence-electron chi connectivity index (χ4n) is 1.76. The highest BCUT2D eigenvalue weighted by Crippen LogP contribution is 2.11.